The summed E-state index contributed by atoms with van der Waals surface area (Å²) in [4.78, 5) is 34.1. The molecule has 1 amide bonds. The van der Waals surface area contributed by atoms with E-state index in [2.05, 4.69) is 10.1 Å². The van der Waals surface area contributed by atoms with E-state index in [4.69, 9.17) is 10.8 Å². The van der Waals surface area contributed by atoms with Crippen molar-refractivity contribution in [2.45, 2.75) is 25.8 Å². The number of aliphatic carboxylic acids is 1. The second kappa shape index (κ2) is 7.28. The summed E-state index contributed by atoms with van der Waals surface area (Å²) in [5, 5.41) is 11.4. The molecule has 0 aromatic heterocycles. The molecule has 1 rings (SSSR count). The van der Waals surface area contributed by atoms with E-state index >= 15 is 0 Å². The number of hydrogen-bond donors (Lipinski definition) is 3. The first-order valence-electron chi connectivity index (χ1n) is 6.31. The lowest BCUT2D eigenvalue weighted by Crippen LogP contribution is -2.41. The minimum Gasteiger partial charge on any atom is -0.480 e. The molecule has 0 bridgehead atoms. The lowest BCUT2D eigenvalue weighted by atomic mass is 10.1. The van der Waals surface area contributed by atoms with Gasteiger partial charge in [0.2, 0.25) is 0 Å². The van der Waals surface area contributed by atoms with E-state index in [1.165, 1.54) is 13.2 Å². The third kappa shape index (κ3) is 4.79. The third-order valence-electron chi connectivity index (χ3n) is 3.01. The summed E-state index contributed by atoms with van der Waals surface area (Å²) in [6.07, 6.45) is -0.140. The minimum atomic E-state index is -1.22. The van der Waals surface area contributed by atoms with E-state index in [1.54, 1.807) is 19.1 Å². The van der Waals surface area contributed by atoms with Crippen molar-refractivity contribution in [2.75, 3.05) is 12.8 Å². The van der Waals surface area contributed by atoms with Crippen LogP contribution in [0.2, 0.25) is 0 Å². The molecule has 1 unspecified atom stereocenters. The number of carbonyl (C=O) groups excluding carboxylic acids is 2. The number of benzene rings is 1. The number of carboxylic acid groups (broad SMARTS) is 1. The number of rotatable bonds is 6. The lowest BCUT2D eigenvalue weighted by Gasteiger charge is -2.14. The highest BCUT2D eigenvalue weighted by atomic mass is 16.5. The number of hydrogen-bond acceptors (Lipinski definition) is 5. The lowest BCUT2D eigenvalue weighted by molar-refractivity contribution is -0.142. The molecule has 1 aromatic carbocycles. The van der Waals surface area contributed by atoms with Crippen LogP contribution in [0.15, 0.2) is 18.2 Å². The van der Waals surface area contributed by atoms with Gasteiger partial charge in [-0.25, -0.2) is 4.79 Å². The van der Waals surface area contributed by atoms with Crippen LogP contribution in [0.1, 0.15) is 28.8 Å². The topological polar surface area (TPSA) is 119 Å². The number of esters is 1. The highest BCUT2D eigenvalue weighted by molar-refractivity contribution is 5.97. The molecule has 0 aliphatic rings. The molecule has 0 aliphatic carbocycles. The normalized spacial score (nSPS) is 11.5. The Kier molecular flexibility index (Phi) is 5.71. The van der Waals surface area contributed by atoms with Crippen LogP contribution in [0, 0.1) is 6.92 Å². The Balaban J connectivity index is 2.74. The quantitative estimate of drug-likeness (QED) is 0.525. The van der Waals surface area contributed by atoms with Gasteiger partial charge in [0.1, 0.15) is 6.04 Å². The largest absolute Gasteiger partial charge is 0.480 e. The highest BCUT2D eigenvalue weighted by Gasteiger charge is 2.22. The predicted molar refractivity (Wildman–Crippen MR) is 75.7 cm³/mol. The summed E-state index contributed by atoms with van der Waals surface area (Å²) in [6, 6.07) is 3.54. The summed E-state index contributed by atoms with van der Waals surface area (Å²) >= 11 is 0. The fourth-order valence-corrected chi connectivity index (χ4v) is 1.64. The molecule has 21 heavy (non-hydrogen) atoms. The van der Waals surface area contributed by atoms with Crippen LogP contribution in [0.25, 0.3) is 0 Å². The van der Waals surface area contributed by atoms with E-state index in [0.717, 1.165) is 5.56 Å². The van der Waals surface area contributed by atoms with Crippen LogP contribution in [0.3, 0.4) is 0 Å². The van der Waals surface area contributed by atoms with Crippen LogP contribution < -0.4 is 11.1 Å². The molecule has 0 radical (unpaired) electrons. The number of aryl methyl sites for hydroxylation is 1. The van der Waals surface area contributed by atoms with E-state index < -0.39 is 23.9 Å². The maximum atomic E-state index is 12.0. The molecule has 0 saturated heterocycles. The molecular weight excluding hydrogens is 276 g/mol. The van der Waals surface area contributed by atoms with Gasteiger partial charge in [-0.1, -0.05) is 6.07 Å². The van der Waals surface area contributed by atoms with Crippen molar-refractivity contribution in [3.63, 3.8) is 0 Å². The van der Waals surface area contributed by atoms with Gasteiger partial charge in [-0.2, -0.15) is 0 Å². The average Bonchev–Trinajstić information content (AvgIpc) is 2.45. The average molecular weight is 294 g/mol. The van der Waals surface area contributed by atoms with Crippen molar-refractivity contribution in [3.05, 3.63) is 29.3 Å². The van der Waals surface area contributed by atoms with Crippen molar-refractivity contribution in [2.24, 2.45) is 0 Å². The summed E-state index contributed by atoms with van der Waals surface area (Å²) in [6.45, 7) is 1.80. The number of carboxylic acids is 1. The van der Waals surface area contributed by atoms with Crippen molar-refractivity contribution >= 4 is 23.5 Å². The molecule has 0 saturated carbocycles. The first kappa shape index (κ1) is 16.5. The fourth-order valence-electron chi connectivity index (χ4n) is 1.64. The molecule has 1 atom stereocenters. The van der Waals surface area contributed by atoms with Gasteiger partial charge in [-0.05, 0) is 31.0 Å². The molecule has 0 spiro atoms. The van der Waals surface area contributed by atoms with Gasteiger partial charge in [0, 0.05) is 17.7 Å². The number of nitrogens with one attached hydrogen (secondary N) is 1. The minimum absolute atomic E-state index is 0.0465. The van der Waals surface area contributed by atoms with Gasteiger partial charge in [-0.15, -0.1) is 0 Å². The Morgan fingerprint density at radius 1 is 1.38 bits per heavy atom. The van der Waals surface area contributed by atoms with Gasteiger partial charge < -0.3 is 20.9 Å². The molecule has 0 fully saturated rings. The van der Waals surface area contributed by atoms with Crippen LogP contribution in [0.4, 0.5) is 5.69 Å². The van der Waals surface area contributed by atoms with Crippen molar-refractivity contribution in [3.8, 4) is 0 Å². The Bertz CT molecular complexity index is 556. The van der Waals surface area contributed by atoms with E-state index in [1.807, 2.05) is 0 Å². The van der Waals surface area contributed by atoms with Crippen LogP contribution >= 0.6 is 0 Å². The molecule has 7 nitrogen and oxygen atoms in total. The van der Waals surface area contributed by atoms with Gasteiger partial charge in [0.05, 0.1) is 7.11 Å². The van der Waals surface area contributed by atoms with Crippen molar-refractivity contribution < 1.29 is 24.2 Å². The van der Waals surface area contributed by atoms with Gasteiger partial charge in [0.25, 0.3) is 5.91 Å². The zero-order valence-electron chi connectivity index (χ0n) is 11.9. The summed E-state index contributed by atoms with van der Waals surface area (Å²) < 4.78 is 4.44. The first-order valence-corrected chi connectivity index (χ1v) is 6.31. The van der Waals surface area contributed by atoms with E-state index in [-0.39, 0.29) is 18.4 Å². The smallest absolute Gasteiger partial charge is 0.326 e. The van der Waals surface area contributed by atoms with Crippen molar-refractivity contribution in [1.29, 1.82) is 0 Å². The summed E-state index contributed by atoms with van der Waals surface area (Å²) in [7, 11) is 1.21. The molecule has 0 aliphatic heterocycles. The second-order valence-corrected chi connectivity index (χ2v) is 4.55. The Hall–Kier alpha value is -2.57. The molecule has 4 N–H and O–H groups in total. The molecule has 7 heteroatoms. The number of methoxy groups -OCH3 is 1. The number of nitrogens with two attached hydrogens (primary N) is 1. The Labute approximate surface area is 122 Å². The SMILES string of the molecule is COC(=O)CCC(NC(=O)c1ccc(C)c(N)c1)C(=O)O. The number of nitrogen functional groups attached to an aromatic ring is 1. The number of ether oxygens (including phenoxy) is 1. The Morgan fingerprint density at radius 2 is 2.05 bits per heavy atom. The fraction of sp³-hybridized carbons (Fsp3) is 0.357. The zero-order valence-corrected chi connectivity index (χ0v) is 11.9. The maximum Gasteiger partial charge on any atom is 0.326 e. The number of anilines is 1. The van der Waals surface area contributed by atoms with E-state index in [0.29, 0.717) is 5.69 Å². The molecule has 1 aromatic rings. The van der Waals surface area contributed by atoms with Crippen LogP contribution in [0.5, 0.6) is 0 Å². The third-order valence-corrected chi connectivity index (χ3v) is 3.01. The standard InChI is InChI=1S/C14H18N2O5/c1-8-3-4-9(7-10(8)15)13(18)16-11(14(19)20)5-6-12(17)21-2/h3-4,7,11H,5-6,15H2,1-2H3,(H,16,18)(H,19,20). The van der Waals surface area contributed by atoms with Crippen molar-refractivity contribution in [1.82, 2.24) is 5.32 Å². The predicted octanol–water partition coefficient (Wildman–Crippen LogP) is 0.713. The van der Waals surface area contributed by atoms with Crippen LogP contribution in [-0.4, -0.2) is 36.1 Å². The monoisotopic (exact) mass is 294 g/mol. The van der Waals surface area contributed by atoms with Gasteiger partial charge >= 0.3 is 11.9 Å². The second-order valence-electron chi connectivity index (χ2n) is 4.55. The van der Waals surface area contributed by atoms with E-state index in [9.17, 15) is 14.4 Å². The zero-order chi connectivity index (χ0) is 16.0. The Morgan fingerprint density at radius 3 is 2.57 bits per heavy atom. The number of amides is 1. The summed E-state index contributed by atoms with van der Waals surface area (Å²) in [5.41, 5.74) is 7.25. The molecular formula is C14H18N2O5. The highest BCUT2D eigenvalue weighted by Crippen LogP contribution is 2.13. The van der Waals surface area contributed by atoms with Gasteiger partial charge in [0.15, 0.2) is 0 Å². The van der Waals surface area contributed by atoms with Crippen LogP contribution in [-0.2, 0) is 14.3 Å². The number of carbonyl (C=O) groups is 3. The van der Waals surface area contributed by atoms with Gasteiger partial charge in [-0.3, -0.25) is 9.59 Å². The first-order chi connectivity index (χ1) is 9.85. The maximum absolute atomic E-state index is 12.0. The summed E-state index contributed by atoms with van der Waals surface area (Å²) in [5.74, 6) is -2.30. The molecule has 114 valence electrons. The molecule has 0 heterocycles.